The second-order valence-corrected chi connectivity index (χ2v) is 6.15. The normalized spacial score (nSPS) is 11.3. The number of nitrogens with zero attached hydrogens (tertiary/aromatic N) is 2. The van der Waals surface area contributed by atoms with Crippen molar-refractivity contribution >= 4 is 28.1 Å². The van der Waals surface area contributed by atoms with E-state index in [0.29, 0.717) is 5.69 Å². The van der Waals surface area contributed by atoms with E-state index in [0.717, 1.165) is 51.6 Å². The molecule has 126 valence electrons. The largest absolute Gasteiger partial charge is 0.497 e. The third-order valence-corrected chi connectivity index (χ3v) is 4.95. The second-order valence-electron chi connectivity index (χ2n) is 6.15. The Balaban J connectivity index is 2.15. The molecule has 2 aromatic heterocycles. The minimum atomic E-state index is 0.705. The smallest absolute Gasteiger partial charge is 0.167 e. The van der Waals surface area contributed by atoms with Crippen molar-refractivity contribution in [3.63, 3.8) is 0 Å². The number of hydrogen-bond donors (Lipinski definition) is 0. The summed E-state index contributed by atoms with van der Waals surface area (Å²) in [5.74, 6) is 0.790. The number of aryl methyl sites for hydroxylation is 2. The fourth-order valence-electron chi connectivity index (χ4n) is 3.74. The predicted molar refractivity (Wildman–Crippen MR) is 101 cm³/mol. The van der Waals surface area contributed by atoms with Crippen molar-refractivity contribution in [3.05, 3.63) is 54.2 Å². The number of benzene rings is 2. The van der Waals surface area contributed by atoms with Crippen LogP contribution in [0.2, 0.25) is 0 Å². The SMILES string of the molecule is CCn1c(C=O)c(-c2cc3ccccc3n2C)c2cc(OC)ccc21. The van der Waals surface area contributed by atoms with Crippen LogP contribution in [0, 0.1) is 0 Å². The predicted octanol–water partition coefficient (Wildman–Crippen LogP) is 4.64. The molecule has 25 heavy (non-hydrogen) atoms. The van der Waals surface area contributed by atoms with Gasteiger partial charge in [-0.2, -0.15) is 0 Å². The summed E-state index contributed by atoms with van der Waals surface area (Å²) < 4.78 is 9.63. The number of methoxy groups -OCH3 is 1. The molecule has 2 aromatic carbocycles. The van der Waals surface area contributed by atoms with E-state index in [1.807, 2.05) is 37.4 Å². The number of aromatic nitrogens is 2. The summed E-state index contributed by atoms with van der Waals surface area (Å²) >= 11 is 0. The summed E-state index contributed by atoms with van der Waals surface area (Å²) in [7, 11) is 3.71. The number of para-hydroxylation sites is 1. The molecule has 0 amide bonds. The maximum atomic E-state index is 12.0. The Labute approximate surface area is 146 Å². The molecule has 0 fully saturated rings. The highest BCUT2D eigenvalue weighted by molar-refractivity contribution is 6.06. The summed E-state index contributed by atoms with van der Waals surface area (Å²) in [4.78, 5) is 12.0. The Morgan fingerprint density at radius 2 is 1.88 bits per heavy atom. The van der Waals surface area contributed by atoms with Crippen LogP contribution in [0.4, 0.5) is 0 Å². The molecule has 0 aliphatic carbocycles. The van der Waals surface area contributed by atoms with Crippen molar-refractivity contribution < 1.29 is 9.53 Å². The van der Waals surface area contributed by atoms with E-state index < -0.39 is 0 Å². The van der Waals surface area contributed by atoms with Gasteiger partial charge >= 0.3 is 0 Å². The quantitative estimate of drug-likeness (QED) is 0.510. The van der Waals surface area contributed by atoms with Gasteiger partial charge in [0, 0.05) is 41.0 Å². The van der Waals surface area contributed by atoms with Crippen molar-refractivity contribution in [2.24, 2.45) is 7.05 Å². The monoisotopic (exact) mass is 332 g/mol. The van der Waals surface area contributed by atoms with Crippen molar-refractivity contribution in [2.45, 2.75) is 13.5 Å². The van der Waals surface area contributed by atoms with E-state index in [4.69, 9.17) is 4.74 Å². The lowest BCUT2D eigenvalue weighted by molar-refractivity contribution is 0.111. The fourth-order valence-corrected chi connectivity index (χ4v) is 3.74. The van der Waals surface area contributed by atoms with Crippen molar-refractivity contribution in [3.8, 4) is 17.0 Å². The van der Waals surface area contributed by atoms with Crippen LogP contribution >= 0.6 is 0 Å². The Hall–Kier alpha value is -3.01. The van der Waals surface area contributed by atoms with Gasteiger partial charge < -0.3 is 13.9 Å². The first-order valence-electron chi connectivity index (χ1n) is 8.39. The molecule has 0 N–H and O–H groups in total. The molecule has 4 nitrogen and oxygen atoms in total. The van der Waals surface area contributed by atoms with Crippen molar-refractivity contribution in [1.29, 1.82) is 0 Å². The third-order valence-electron chi connectivity index (χ3n) is 4.95. The van der Waals surface area contributed by atoms with Gasteiger partial charge in [-0.3, -0.25) is 4.79 Å². The molecule has 0 radical (unpaired) electrons. The fraction of sp³-hybridized carbons (Fsp3) is 0.190. The highest BCUT2D eigenvalue weighted by Crippen LogP contribution is 2.38. The van der Waals surface area contributed by atoms with E-state index in [-0.39, 0.29) is 0 Å². The van der Waals surface area contributed by atoms with Crippen LogP contribution in [0.3, 0.4) is 0 Å². The van der Waals surface area contributed by atoms with Crippen molar-refractivity contribution in [2.75, 3.05) is 7.11 Å². The van der Waals surface area contributed by atoms with Gasteiger partial charge in [-0.15, -0.1) is 0 Å². The molecule has 0 bridgehead atoms. The zero-order chi connectivity index (χ0) is 17.6. The van der Waals surface area contributed by atoms with Gasteiger partial charge in [-0.1, -0.05) is 18.2 Å². The summed E-state index contributed by atoms with van der Waals surface area (Å²) in [6, 6.07) is 16.4. The Bertz CT molecular complexity index is 1100. The number of rotatable bonds is 4. The van der Waals surface area contributed by atoms with Crippen LogP contribution in [0.15, 0.2) is 48.5 Å². The van der Waals surface area contributed by atoms with Gasteiger partial charge in [0.2, 0.25) is 0 Å². The number of carbonyl (C=O) groups is 1. The van der Waals surface area contributed by atoms with E-state index >= 15 is 0 Å². The first kappa shape index (κ1) is 15.5. The zero-order valence-corrected chi connectivity index (χ0v) is 14.6. The number of aldehydes is 1. The highest BCUT2D eigenvalue weighted by atomic mass is 16.5. The molecule has 0 unspecified atom stereocenters. The summed E-state index contributed by atoms with van der Waals surface area (Å²) in [6.07, 6.45) is 0.961. The summed E-state index contributed by atoms with van der Waals surface area (Å²) in [5.41, 5.74) is 4.90. The minimum Gasteiger partial charge on any atom is -0.497 e. The van der Waals surface area contributed by atoms with Gasteiger partial charge in [-0.05, 0) is 37.3 Å². The van der Waals surface area contributed by atoms with Gasteiger partial charge in [-0.25, -0.2) is 0 Å². The number of fused-ring (bicyclic) bond motifs is 2. The molecule has 2 heterocycles. The topological polar surface area (TPSA) is 36.2 Å². The first-order chi connectivity index (χ1) is 12.2. The molecule has 4 aromatic rings. The van der Waals surface area contributed by atoms with E-state index in [1.165, 1.54) is 0 Å². The van der Waals surface area contributed by atoms with E-state index in [1.54, 1.807) is 7.11 Å². The van der Waals surface area contributed by atoms with Crippen LogP contribution in [0.1, 0.15) is 17.4 Å². The highest BCUT2D eigenvalue weighted by Gasteiger charge is 2.21. The molecule has 0 aliphatic rings. The van der Waals surface area contributed by atoms with Gasteiger partial charge in [0.1, 0.15) is 5.75 Å². The van der Waals surface area contributed by atoms with Gasteiger partial charge in [0.05, 0.1) is 18.5 Å². The molecule has 0 spiro atoms. The average Bonchev–Trinajstić information content (AvgIpc) is 3.15. The molecule has 0 atom stereocenters. The van der Waals surface area contributed by atoms with Gasteiger partial charge in [0.25, 0.3) is 0 Å². The van der Waals surface area contributed by atoms with Crippen LogP contribution in [-0.4, -0.2) is 22.5 Å². The number of carbonyl (C=O) groups excluding carboxylic acids is 1. The van der Waals surface area contributed by atoms with E-state index in [9.17, 15) is 4.79 Å². The van der Waals surface area contributed by atoms with Crippen LogP contribution in [0.5, 0.6) is 5.75 Å². The van der Waals surface area contributed by atoms with Crippen LogP contribution in [-0.2, 0) is 13.6 Å². The molecular formula is C21H20N2O2. The van der Waals surface area contributed by atoms with Gasteiger partial charge in [0.15, 0.2) is 6.29 Å². The lowest BCUT2D eigenvalue weighted by Crippen LogP contribution is -2.01. The maximum Gasteiger partial charge on any atom is 0.167 e. The Morgan fingerprint density at radius 1 is 1.08 bits per heavy atom. The lowest BCUT2D eigenvalue weighted by Gasteiger charge is -2.06. The molecular weight excluding hydrogens is 312 g/mol. The van der Waals surface area contributed by atoms with Crippen LogP contribution < -0.4 is 4.74 Å². The second kappa shape index (κ2) is 5.81. The van der Waals surface area contributed by atoms with Crippen LogP contribution in [0.25, 0.3) is 33.1 Å². The molecule has 0 saturated carbocycles. The minimum absolute atomic E-state index is 0.705. The molecule has 0 saturated heterocycles. The van der Waals surface area contributed by atoms with E-state index in [2.05, 4.69) is 34.3 Å². The zero-order valence-electron chi connectivity index (χ0n) is 14.6. The molecule has 0 aliphatic heterocycles. The summed E-state index contributed by atoms with van der Waals surface area (Å²) in [5, 5.41) is 2.20. The Kier molecular flexibility index (Phi) is 3.61. The van der Waals surface area contributed by atoms with Crippen molar-refractivity contribution in [1.82, 2.24) is 9.13 Å². The maximum absolute atomic E-state index is 12.0. The average molecular weight is 332 g/mol. The summed E-state index contributed by atoms with van der Waals surface area (Å²) in [6.45, 7) is 2.79. The standard InChI is InChI=1S/C21H20N2O2/c1-4-23-18-10-9-15(25-3)12-16(18)21(20(23)13-24)19-11-14-7-5-6-8-17(14)22(19)2/h5-13H,4H2,1-3H3. The Morgan fingerprint density at radius 3 is 2.56 bits per heavy atom. The number of hydrogen-bond acceptors (Lipinski definition) is 2. The molecule has 4 heteroatoms. The lowest BCUT2D eigenvalue weighted by atomic mass is 10.1. The third kappa shape index (κ3) is 2.18. The number of ether oxygens (including phenoxy) is 1. The molecule has 4 rings (SSSR count). The first-order valence-corrected chi connectivity index (χ1v) is 8.39.